The van der Waals surface area contributed by atoms with E-state index >= 15 is 0 Å². The number of nitrogens with zero attached hydrogens (tertiary/aromatic N) is 6. The van der Waals surface area contributed by atoms with Crippen LogP contribution in [0.4, 0.5) is 5.95 Å². The van der Waals surface area contributed by atoms with E-state index in [0.717, 1.165) is 47.6 Å². The molecule has 6 nitrogen and oxygen atoms in total. The van der Waals surface area contributed by atoms with Gasteiger partial charge >= 0.3 is 0 Å². The smallest absolute Gasteiger partial charge is 0.225 e. The van der Waals surface area contributed by atoms with Crippen molar-refractivity contribution in [1.82, 2.24) is 24.8 Å². The Kier molecular flexibility index (Phi) is 2.83. The highest BCUT2D eigenvalue weighted by Crippen LogP contribution is 2.39. The van der Waals surface area contributed by atoms with E-state index in [-0.39, 0.29) is 0 Å². The van der Waals surface area contributed by atoms with Crippen molar-refractivity contribution >= 4 is 11.5 Å². The van der Waals surface area contributed by atoms with Gasteiger partial charge < -0.3 is 4.90 Å². The minimum absolute atomic E-state index is 0.837. The third-order valence-corrected chi connectivity index (χ3v) is 5.23. The highest BCUT2D eigenvalue weighted by molar-refractivity contribution is 5.77. The van der Waals surface area contributed by atoms with E-state index in [1.807, 2.05) is 30.6 Å². The lowest BCUT2D eigenvalue weighted by molar-refractivity contribution is 0.494. The molecule has 0 radical (unpaired) electrons. The number of aromatic nitrogens is 5. The summed E-state index contributed by atoms with van der Waals surface area (Å²) in [6.45, 7) is 2.20. The van der Waals surface area contributed by atoms with Crippen LogP contribution >= 0.6 is 0 Å². The van der Waals surface area contributed by atoms with Gasteiger partial charge in [0.1, 0.15) is 0 Å². The van der Waals surface area contributed by atoms with Crippen molar-refractivity contribution in [3.63, 3.8) is 0 Å². The second-order valence-electron chi connectivity index (χ2n) is 6.55. The maximum absolute atomic E-state index is 4.81. The maximum atomic E-state index is 4.81. The topological polar surface area (TPSA) is 59.2 Å². The molecule has 5 rings (SSSR count). The van der Waals surface area contributed by atoms with Gasteiger partial charge in [-0.1, -0.05) is 6.42 Å². The molecule has 1 aliphatic heterocycles. The lowest BCUT2D eigenvalue weighted by Gasteiger charge is -2.17. The summed E-state index contributed by atoms with van der Waals surface area (Å²) in [7, 11) is 0. The van der Waals surface area contributed by atoms with Crippen molar-refractivity contribution < 1.29 is 0 Å². The summed E-state index contributed by atoms with van der Waals surface area (Å²) in [6.07, 6.45) is 9.53. The number of hydrogen-bond donors (Lipinski definition) is 0. The average molecular weight is 306 g/mol. The summed E-state index contributed by atoms with van der Waals surface area (Å²) in [6, 6.07) is 5.88. The van der Waals surface area contributed by atoms with E-state index in [0.29, 0.717) is 0 Å². The Labute approximate surface area is 134 Å². The summed E-state index contributed by atoms with van der Waals surface area (Å²) in [5.41, 5.74) is 2.88. The van der Waals surface area contributed by atoms with Crippen molar-refractivity contribution in [3.8, 4) is 11.3 Å². The lowest BCUT2D eigenvalue weighted by Crippen LogP contribution is -2.23. The Morgan fingerprint density at radius 2 is 1.87 bits per heavy atom. The second-order valence-corrected chi connectivity index (χ2v) is 6.55. The monoisotopic (exact) mass is 306 g/mol. The van der Waals surface area contributed by atoms with E-state index in [2.05, 4.69) is 20.1 Å². The Balaban J connectivity index is 1.51. The predicted molar refractivity (Wildman–Crippen MR) is 87.1 cm³/mol. The van der Waals surface area contributed by atoms with Crippen LogP contribution in [0.2, 0.25) is 0 Å². The molecule has 1 saturated heterocycles. The van der Waals surface area contributed by atoms with Crippen LogP contribution < -0.4 is 4.90 Å². The van der Waals surface area contributed by atoms with Crippen molar-refractivity contribution in [2.45, 2.75) is 19.3 Å². The van der Waals surface area contributed by atoms with E-state index in [1.165, 1.54) is 19.3 Å². The Morgan fingerprint density at radius 3 is 2.74 bits per heavy atom. The summed E-state index contributed by atoms with van der Waals surface area (Å²) in [4.78, 5) is 11.7. The summed E-state index contributed by atoms with van der Waals surface area (Å²) < 4.78 is 1.64. The zero-order valence-electron chi connectivity index (χ0n) is 12.8. The van der Waals surface area contributed by atoms with Crippen LogP contribution in [-0.4, -0.2) is 37.9 Å². The van der Waals surface area contributed by atoms with Gasteiger partial charge in [0, 0.05) is 31.0 Å². The number of anilines is 1. The minimum Gasteiger partial charge on any atom is -0.340 e. The molecule has 0 spiro atoms. The summed E-state index contributed by atoms with van der Waals surface area (Å²) in [5.74, 6) is 2.52. The van der Waals surface area contributed by atoms with Gasteiger partial charge in [-0.2, -0.15) is 14.8 Å². The van der Waals surface area contributed by atoms with Gasteiger partial charge in [0.2, 0.25) is 5.95 Å². The predicted octanol–water partition coefficient (Wildman–Crippen LogP) is 2.42. The largest absolute Gasteiger partial charge is 0.340 e. The normalized spacial score (nSPS) is 23.6. The van der Waals surface area contributed by atoms with Gasteiger partial charge in [0.05, 0.1) is 17.4 Å². The van der Waals surface area contributed by atoms with Crippen molar-refractivity contribution in [2.75, 3.05) is 18.0 Å². The van der Waals surface area contributed by atoms with Crippen molar-refractivity contribution in [3.05, 3.63) is 36.8 Å². The highest BCUT2D eigenvalue weighted by Gasteiger charge is 2.37. The van der Waals surface area contributed by atoms with E-state index in [9.17, 15) is 0 Å². The van der Waals surface area contributed by atoms with Crippen LogP contribution in [-0.2, 0) is 0 Å². The van der Waals surface area contributed by atoms with E-state index < -0.39 is 0 Å². The van der Waals surface area contributed by atoms with Crippen molar-refractivity contribution in [1.29, 1.82) is 0 Å². The number of fused-ring (bicyclic) bond motifs is 2. The standard InChI is InChI=1S/C17H18N6/c1-3-12-10-22(11-13(12)4-1)17-18-8-6-15(21-17)14-9-20-23-16(14)5-2-7-19-23/h2,5-9,12-13H,1,3-4,10-11H2. The van der Waals surface area contributed by atoms with Crippen LogP contribution in [0.1, 0.15) is 19.3 Å². The molecule has 2 atom stereocenters. The fraction of sp³-hybridized carbons (Fsp3) is 0.412. The Bertz CT molecular complexity index is 845. The summed E-state index contributed by atoms with van der Waals surface area (Å²) >= 11 is 0. The van der Waals surface area contributed by atoms with Gasteiger partial charge in [-0.15, -0.1) is 0 Å². The van der Waals surface area contributed by atoms with E-state index in [1.54, 1.807) is 10.8 Å². The molecule has 2 aliphatic rings. The second kappa shape index (κ2) is 5.01. The van der Waals surface area contributed by atoms with E-state index in [4.69, 9.17) is 4.98 Å². The van der Waals surface area contributed by atoms with Crippen LogP contribution in [0.25, 0.3) is 16.8 Å². The minimum atomic E-state index is 0.837. The first-order chi connectivity index (χ1) is 11.4. The first kappa shape index (κ1) is 13.0. The average Bonchev–Trinajstić information content (AvgIpc) is 3.29. The zero-order chi connectivity index (χ0) is 15.2. The molecule has 1 aliphatic carbocycles. The molecule has 6 heteroatoms. The molecule has 1 saturated carbocycles. The third-order valence-electron chi connectivity index (χ3n) is 5.23. The van der Waals surface area contributed by atoms with Crippen LogP contribution in [0.3, 0.4) is 0 Å². The van der Waals surface area contributed by atoms with Crippen LogP contribution in [0.5, 0.6) is 0 Å². The fourth-order valence-corrected chi connectivity index (χ4v) is 4.08. The highest BCUT2D eigenvalue weighted by atomic mass is 15.4. The number of rotatable bonds is 2. The molecule has 0 N–H and O–H groups in total. The van der Waals surface area contributed by atoms with Gasteiger partial charge in [-0.05, 0) is 42.9 Å². The number of hydrogen-bond acceptors (Lipinski definition) is 5. The van der Waals surface area contributed by atoms with Crippen LogP contribution in [0.15, 0.2) is 36.8 Å². The molecular weight excluding hydrogens is 288 g/mol. The lowest BCUT2D eigenvalue weighted by atomic mass is 10.0. The molecule has 0 amide bonds. The molecule has 3 aromatic heterocycles. The fourth-order valence-electron chi connectivity index (χ4n) is 4.08. The van der Waals surface area contributed by atoms with Crippen LogP contribution in [0, 0.1) is 11.8 Å². The maximum Gasteiger partial charge on any atom is 0.225 e. The van der Waals surface area contributed by atoms with Gasteiger partial charge in [-0.3, -0.25) is 0 Å². The first-order valence-electron chi connectivity index (χ1n) is 8.26. The van der Waals surface area contributed by atoms with Crippen molar-refractivity contribution in [2.24, 2.45) is 11.8 Å². The van der Waals surface area contributed by atoms with Gasteiger partial charge in [-0.25, -0.2) is 9.97 Å². The molecule has 0 aromatic carbocycles. The first-order valence-corrected chi connectivity index (χ1v) is 8.26. The van der Waals surface area contributed by atoms with Gasteiger partial charge in [0.15, 0.2) is 0 Å². The summed E-state index contributed by atoms with van der Waals surface area (Å²) in [5, 5.41) is 8.52. The molecule has 4 heterocycles. The molecule has 116 valence electrons. The molecule has 2 fully saturated rings. The molecule has 23 heavy (non-hydrogen) atoms. The third kappa shape index (κ3) is 2.09. The molecule has 3 aromatic rings. The molecule has 0 bridgehead atoms. The quantitative estimate of drug-likeness (QED) is 0.728. The molecule has 2 unspecified atom stereocenters. The Morgan fingerprint density at radius 1 is 1.00 bits per heavy atom. The van der Waals surface area contributed by atoms with Gasteiger partial charge in [0.25, 0.3) is 0 Å². The Hall–Kier alpha value is -2.50. The zero-order valence-corrected chi connectivity index (χ0v) is 12.8. The molecular formula is C17H18N6. The SMILES string of the molecule is c1cnn2ncc(-c3ccnc(N4CC5CCCC5C4)n3)c2c1.